The van der Waals surface area contributed by atoms with Crippen molar-refractivity contribution in [1.29, 1.82) is 0 Å². The Morgan fingerprint density at radius 1 is 1.12 bits per heavy atom. The maximum Gasteiger partial charge on any atom is 0.300 e. The molecule has 3 heterocycles. The number of Topliss-reactive ketones (excluding diaryl/α,β-unsaturated/α-hetero) is 1. The molecular formula is C27H34ClN9O5S. The molecule has 1 aromatic heterocycles. The van der Waals surface area contributed by atoms with Gasteiger partial charge in [0.15, 0.2) is 22.6 Å². The first kappa shape index (κ1) is 31.6. The average Bonchev–Trinajstić information content (AvgIpc) is 3.63. The molecule has 0 bridgehead atoms. The minimum absolute atomic E-state index is 0.0000499. The lowest BCUT2D eigenvalue weighted by atomic mass is 9.88. The molecule has 0 aromatic carbocycles. The summed E-state index contributed by atoms with van der Waals surface area (Å²) in [5, 5.41) is 5.96. The summed E-state index contributed by atoms with van der Waals surface area (Å²) in [6.45, 7) is 4.85. The number of hydrogen-bond donors (Lipinski definition) is 5. The highest BCUT2D eigenvalue weighted by atomic mass is 35.5. The summed E-state index contributed by atoms with van der Waals surface area (Å²) in [6.07, 6.45) is 10.2. The van der Waals surface area contributed by atoms with Gasteiger partial charge in [-0.25, -0.2) is 17.4 Å². The van der Waals surface area contributed by atoms with Gasteiger partial charge in [0.2, 0.25) is 5.91 Å². The number of likely N-dealkylation sites (tertiary alicyclic amines) is 1. The minimum atomic E-state index is -3.77. The molecule has 1 aliphatic carbocycles. The van der Waals surface area contributed by atoms with E-state index in [2.05, 4.69) is 27.2 Å². The molecule has 0 radical (unpaired) electrons. The van der Waals surface area contributed by atoms with Crippen LogP contribution in [0.15, 0.2) is 74.8 Å². The number of nitrogens with zero attached hydrogens (tertiary/aromatic N) is 4. The third-order valence-electron chi connectivity index (χ3n) is 7.31. The van der Waals surface area contributed by atoms with Gasteiger partial charge in [-0.15, -0.1) is 0 Å². The lowest BCUT2D eigenvalue weighted by molar-refractivity contribution is -0.132. The molecule has 2 aliphatic heterocycles. The van der Waals surface area contributed by atoms with Crippen LogP contribution < -0.4 is 27.8 Å². The topological polar surface area (TPSA) is 220 Å². The minimum Gasteiger partial charge on any atom is -0.397 e. The first-order valence-corrected chi connectivity index (χ1v) is 15.3. The van der Waals surface area contributed by atoms with Crippen LogP contribution in [0.3, 0.4) is 0 Å². The number of piperidine rings is 1. The number of nitrogens with two attached hydrogens (primary N) is 3. The Bertz CT molecular complexity index is 1590. The molecule has 8 N–H and O–H groups in total. The van der Waals surface area contributed by atoms with Crippen LogP contribution in [0.2, 0.25) is 0 Å². The molecule has 0 atom stereocenters. The van der Waals surface area contributed by atoms with Gasteiger partial charge in [-0.05, 0) is 37.8 Å². The summed E-state index contributed by atoms with van der Waals surface area (Å²) in [4.78, 5) is 48.0. The molecule has 2 amide bonds. The Morgan fingerprint density at radius 2 is 1.84 bits per heavy atom. The number of allylic oxidation sites excluding steroid dienone is 3. The number of carbonyl (C=O) groups is 3. The molecule has 43 heavy (non-hydrogen) atoms. The van der Waals surface area contributed by atoms with Gasteiger partial charge in [-0.2, -0.15) is 4.99 Å². The molecule has 2 fully saturated rings. The summed E-state index contributed by atoms with van der Waals surface area (Å²) >= 11 is 5.82. The Balaban J connectivity index is 1.29. The van der Waals surface area contributed by atoms with Gasteiger partial charge in [0, 0.05) is 50.4 Å². The van der Waals surface area contributed by atoms with E-state index in [1.54, 1.807) is 23.1 Å². The van der Waals surface area contributed by atoms with E-state index in [-0.39, 0.29) is 63.3 Å². The standard InChI is InChI=1S/C27H34ClN9O5S/c1-17(29)22(33-23(28)24(30)31)25(40)34-26-32-16-27(35-26)10-13-36(14-11-27)21(39)8-7-20(38)18-9-12-37(15-18)43(41,42)19-5-3-2-4-6-19/h3,5-6,9,12,15H,1-2,4,7-8,10-11,13-14,16,29-31H2,(H2,32,34,35,40)/b33-22+. The molecular weight excluding hydrogens is 598 g/mol. The molecule has 0 saturated carbocycles. The summed E-state index contributed by atoms with van der Waals surface area (Å²) in [5.74, 6) is -1.36. The predicted octanol–water partition coefficient (Wildman–Crippen LogP) is 0.496. The number of rotatable bonds is 9. The van der Waals surface area contributed by atoms with Gasteiger partial charge in [-0.3, -0.25) is 14.4 Å². The third-order valence-corrected chi connectivity index (χ3v) is 9.29. The number of amides is 2. The fourth-order valence-corrected chi connectivity index (χ4v) is 6.23. The number of guanidine groups is 1. The van der Waals surface area contributed by atoms with Crippen molar-refractivity contribution in [3.8, 4) is 0 Å². The average molecular weight is 632 g/mol. The van der Waals surface area contributed by atoms with Crippen molar-refractivity contribution >= 4 is 50.9 Å². The fourth-order valence-electron chi connectivity index (χ4n) is 4.84. The molecule has 0 unspecified atom stereocenters. The second-order valence-electron chi connectivity index (χ2n) is 10.4. The van der Waals surface area contributed by atoms with Crippen LogP contribution >= 0.6 is 11.6 Å². The second-order valence-corrected chi connectivity index (χ2v) is 12.6. The number of carbonyl (C=O) groups excluding carboxylic acids is 3. The number of aliphatic imine (C=N–C) groups is 2. The second kappa shape index (κ2) is 12.9. The quantitative estimate of drug-likeness (QED) is 0.144. The number of nitrogens with one attached hydrogen (secondary N) is 2. The normalized spacial score (nSPS) is 19.0. The van der Waals surface area contributed by atoms with E-state index < -0.39 is 21.5 Å². The Hall–Kier alpha value is -4.37. The zero-order valence-electron chi connectivity index (χ0n) is 23.4. The number of aromatic nitrogens is 1. The molecule has 230 valence electrons. The fraction of sp³-hybridized carbons (Fsp3) is 0.370. The Labute approximate surface area is 254 Å². The van der Waals surface area contributed by atoms with Gasteiger partial charge < -0.3 is 32.7 Å². The Morgan fingerprint density at radius 3 is 2.47 bits per heavy atom. The van der Waals surface area contributed by atoms with Crippen LogP contribution in [-0.4, -0.2) is 71.7 Å². The maximum atomic E-state index is 12.9. The molecule has 1 aromatic rings. The molecule has 4 rings (SSSR count). The molecule has 3 aliphatic rings. The van der Waals surface area contributed by atoms with Crippen molar-refractivity contribution in [3.05, 3.63) is 70.4 Å². The van der Waals surface area contributed by atoms with Gasteiger partial charge in [0.1, 0.15) is 5.82 Å². The van der Waals surface area contributed by atoms with Crippen LogP contribution in [0.1, 0.15) is 48.9 Å². The monoisotopic (exact) mass is 631 g/mol. The van der Waals surface area contributed by atoms with Crippen molar-refractivity contribution < 1.29 is 22.8 Å². The van der Waals surface area contributed by atoms with E-state index in [1.807, 2.05) is 0 Å². The largest absolute Gasteiger partial charge is 0.397 e. The van der Waals surface area contributed by atoms with Crippen LogP contribution in [0.5, 0.6) is 0 Å². The van der Waals surface area contributed by atoms with Crippen molar-refractivity contribution in [2.45, 2.75) is 44.1 Å². The molecule has 1 spiro atoms. The van der Waals surface area contributed by atoms with Gasteiger partial charge >= 0.3 is 5.91 Å². The van der Waals surface area contributed by atoms with E-state index in [9.17, 15) is 22.8 Å². The SMILES string of the molecule is C=C(N)/C(=N\C(Cl)=C(N)N)C(=O)/N=C1\NCC2(CCN(C(=O)CCC(=O)c3ccn(S(=O)(=O)C4=CCCC=C4)c3)CC2)N1. The highest BCUT2D eigenvalue weighted by Gasteiger charge is 2.40. The van der Waals surface area contributed by atoms with E-state index in [0.29, 0.717) is 38.9 Å². The van der Waals surface area contributed by atoms with E-state index in [1.165, 1.54) is 18.5 Å². The first-order valence-electron chi connectivity index (χ1n) is 13.5. The molecule has 14 nitrogen and oxygen atoms in total. The lowest BCUT2D eigenvalue weighted by Crippen LogP contribution is -2.53. The zero-order chi connectivity index (χ0) is 31.4. The Kier molecular flexibility index (Phi) is 9.45. The zero-order valence-corrected chi connectivity index (χ0v) is 25.0. The number of halogens is 1. The van der Waals surface area contributed by atoms with E-state index >= 15 is 0 Å². The van der Waals surface area contributed by atoms with Gasteiger partial charge in [0.25, 0.3) is 10.0 Å². The van der Waals surface area contributed by atoms with Gasteiger partial charge in [-0.1, -0.05) is 30.3 Å². The van der Waals surface area contributed by atoms with E-state index in [4.69, 9.17) is 28.8 Å². The maximum absolute atomic E-state index is 12.9. The highest BCUT2D eigenvalue weighted by molar-refractivity contribution is 7.94. The molecule has 16 heteroatoms. The van der Waals surface area contributed by atoms with Crippen molar-refractivity contribution in [1.82, 2.24) is 19.5 Å². The van der Waals surface area contributed by atoms with Gasteiger partial charge in [0.05, 0.1) is 16.1 Å². The predicted molar refractivity (Wildman–Crippen MR) is 163 cm³/mol. The molecule has 2 saturated heterocycles. The smallest absolute Gasteiger partial charge is 0.300 e. The van der Waals surface area contributed by atoms with Crippen molar-refractivity contribution in [2.75, 3.05) is 19.6 Å². The third kappa shape index (κ3) is 7.35. The van der Waals surface area contributed by atoms with Crippen molar-refractivity contribution in [3.63, 3.8) is 0 Å². The summed E-state index contributed by atoms with van der Waals surface area (Å²) < 4.78 is 26.6. The number of hydrogen-bond acceptors (Lipinski definition) is 9. The highest BCUT2D eigenvalue weighted by Crippen LogP contribution is 2.25. The summed E-state index contributed by atoms with van der Waals surface area (Å²) in [5.41, 5.74) is 15.7. The van der Waals surface area contributed by atoms with Crippen LogP contribution in [0.4, 0.5) is 0 Å². The van der Waals surface area contributed by atoms with Crippen LogP contribution in [0.25, 0.3) is 0 Å². The first-order chi connectivity index (χ1) is 20.3. The van der Waals surface area contributed by atoms with Crippen molar-refractivity contribution in [2.24, 2.45) is 27.2 Å². The summed E-state index contributed by atoms with van der Waals surface area (Å²) in [6, 6.07) is 1.45. The lowest BCUT2D eigenvalue weighted by Gasteiger charge is -2.38. The summed E-state index contributed by atoms with van der Waals surface area (Å²) in [7, 11) is -3.77. The number of ketones is 1. The van der Waals surface area contributed by atoms with E-state index in [0.717, 1.165) is 10.4 Å². The van der Waals surface area contributed by atoms with Crippen LogP contribution in [0, 0.1) is 0 Å². The van der Waals surface area contributed by atoms with Crippen LogP contribution in [-0.2, 0) is 19.6 Å².